The smallest absolute Gasteiger partial charge is 0.251 e. The summed E-state index contributed by atoms with van der Waals surface area (Å²) >= 11 is 0. The lowest BCUT2D eigenvalue weighted by Crippen LogP contribution is -2.46. The van der Waals surface area contributed by atoms with Crippen LogP contribution < -0.4 is 16.4 Å². The van der Waals surface area contributed by atoms with Gasteiger partial charge in [0.05, 0.1) is 0 Å². The number of nitrogens with two attached hydrogens (primary N) is 1. The van der Waals surface area contributed by atoms with Crippen molar-refractivity contribution in [3.63, 3.8) is 0 Å². The lowest BCUT2D eigenvalue weighted by molar-refractivity contribution is -0.123. The first-order valence-corrected chi connectivity index (χ1v) is 11.1. The average Bonchev–Trinajstić information content (AvgIpc) is 2.84. The Balaban J connectivity index is 1.91. The predicted octanol–water partition coefficient (Wildman–Crippen LogP) is 2.61. The topological polar surface area (TPSA) is 122 Å². The lowest BCUT2D eigenvalue weighted by atomic mass is 10.1. The van der Waals surface area contributed by atoms with Crippen LogP contribution in [0.25, 0.3) is 0 Å². The number of Topliss-reactive ketones (excluding diaryl/α,β-unsaturated/α-hetero) is 1. The van der Waals surface area contributed by atoms with Crippen LogP contribution in [0.4, 0.5) is 5.69 Å². The van der Waals surface area contributed by atoms with Gasteiger partial charge in [-0.3, -0.25) is 14.4 Å². The Hall–Kier alpha value is -3.47. The van der Waals surface area contributed by atoms with Crippen LogP contribution in [0, 0.1) is 11.8 Å². The SMILES string of the molecule is CCCCCCC(=O)Nc1ccc(C#Cc2ccc(C(=O)N[C@@H](CN)C(=O)CO)cc2)cc1. The van der Waals surface area contributed by atoms with Crippen LogP contribution in [-0.2, 0) is 9.59 Å². The number of aliphatic hydroxyl groups excluding tert-OH is 1. The molecule has 0 aliphatic carbocycles. The Labute approximate surface area is 194 Å². The molecule has 0 heterocycles. The third-order valence-electron chi connectivity index (χ3n) is 5.01. The summed E-state index contributed by atoms with van der Waals surface area (Å²) in [4.78, 5) is 35.8. The number of hydrogen-bond donors (Lipinski definition) is 4. The van der Waals surface area contributed by atoms with Crippen LogP contribution in [0.3, 0.4) is 0 Å². The van der Waals surface area contributed by atoms with Crippen molar-refractivity contribution in [1.82, 2.24) is 5.32 Å². The van der Waals surface area contributed by atoms with Crippen molar-refractivity contribution in [3.8, 4) is 11.8 Å². The van der Waals surface area contributed by atoms with Crippen molar-refractivity contribution in [3.05, 3.63) is 65.2 Å². The summed E-state index contributed by atoms with van der Waals surface area (Å²) in [7, 11) is 0. The molecule has 0 spiro atoms. The summed E-state index contributed by atoms with van der Waals surface area (Å²) in [5.41, 5.74) is 8.09. The van der Waals surface area contributed by atoms with Gasteiger partial charge >= 0.3 is 0 Å². The molecular formula is C26H31N3O4. The quantitative estimate of drug-likeness (QED) is 0.310. The molecule has 0 fully saturated rings. The molecule has 0 aliphatic rings. The van der Waals surface area contributed by atoms with Crippen LogP contribution in [-0.4, -0.2) is 41.9 Å². The molecule has 0 aromatic heterocycles. The zero-order chi connectivity index (χ0) is 24.1. The third-order valence-corrected chi connectivity index (χ3v) is 5.01. The molecule has 0 radical (unpaired) electrons. The fourth-order valence-electron chi connectivity index (χ4n) is 3.04. The number of hydrogen-bond acceptors (Lipinski definition) is 5. The fraction of sp³-hybridized carbons (Fsp3) is 0.346. The number of amides is 2. The van der Waals surface area contributed by atoms with Gasteiger partial charge in [0.25, 0.3) is 5.91 Å². The van der Waals surface area contributed by atoms with E-state index in [2.05, 4.69) is 29.4 Å². The van der Waals surface area contributed by atoms with Crippen molar-refractivity contribution >= 4 is 23.3 Å². The van der Waals surface area contributed by atoms with Gasteiger partial charge in [0, 0.05) is 35.3 Å². The Morgan fingerprint density at radius 2 is 1.55 bits per heavy atom. The highest BCUT2D eigenvalue weighted by Crippen LogP contribution is 2.11. The van der Waals surface area contributed by atoms with E-state index in [1.807, 2.05) is 24.3 Å². The van der Waals surface area contributed by atoms with Crippen molar-refractivity contribution in [1.29, 1.82) is 0 Å². The molecule has 0 aliphatic heterocycles. The first kappa shape index (κ1) is 25.8. The Morgan fingerprint density at radius 3 is 2.09 bits per heavy atom. The van der Waals surface area contributed by atoms with E-state index in [0.29, 0.717) is 12.0 Å². The number of nitrogens with one attached hydrogen (secondary N) is 2. The summed E-state index contributed by atoms with van der Waals surface area (Å²) < 4.78 is 0. The molecule has 2 aromatic carbocycles. The standard InChI is InChI=1S/C26H31N3O4/c1-2-3-4-5-6-25(32)28-22-15-11-20(12-16-22)8-7-19-9-13-21(14-10-19)26(33)29-23(17-27)24(31)18-30/h9-16,23,30H,2-6,17-18,27H2,1H3,(H,28,32)(H,29,33)/t23-/m0/s1. The molecule has 0 bridgehead atoms. The van der Waals surface area contributed by atoms with E-state index in [0.717, 1.165) is 42.5 Å². The van der Waals surface area contributed by atoms with Crippen molar-refractivity contribution < 1.29 is 19.5 Å². The van der Waals surface area contributed by atoms with Gasteiger partial charge in [0.1, 0.15) is 12.6 Å². The normalized spacial score (nSPS) is 11.1. The van der Waals surface area contributed by atoms with Crippen molar-refractivity contribution in [2.75, 3.05) is 18.5 Å². The van der Waals surface area contributed by atoms with Crippen LogP contribution in [0.2, 0.25) is 0 Å². The minimum absolute atomic E-state index is 0.0209. The maximum absolute atomic E-state index is 12.3. The van der Waals surface area contributed by atoms with Crippen LogP contribution in [0.5, 0.6) is 0 Å². The largest absolute Gasteiger partial charge is 0.388 e. The number of anilines is 1. The van der Waals surface area contributed by atoms with E-state index < -0.39 is 24.3 Å². The molecule has 0 saturated heterocycles. The lowest BCUT2D eigenvalue weighted by Gasteiger charge is -2.14. The molecule has 7 nitrogen and oxygen atoms in total. The molecule has 1 atom stereocenters. The maximum atomic E-state index is 12.3. The molecule has 5 N–H and O–H groups in total. The van der Waals surface area contributed by atoms with Gasteiger partial charge in [-0.1, -0.05) is 38.0 Å². The summed E-state index contributed by atoms with van der Waals surface area (Å²) in [6.45, 7) is 1.38. The number of ketones is 1. The molecular weight excluding hydrogens is 418 g/mol. The average molecular weight is 450 g/mol. The minimum atomic E-state index is -0.921. The number of benzene rings is 2. The fourth-order valence-corrected chi connectivity index (χ4v) is 3.04. The van der Waals surface area contributed by atoms with E-state index in [4.69, 9.17) is 10.8 Å². The molecule has 0 unspecified atom stereocenters. The number of carbonyl (C=O) groups excluding carboxylic acids is 3. The highest BCUT2D eigenvalue weighted by molar-refractivity contribution is 5.98. The Morgan fingerprint density at radius 1 is 0.939 bits per heavy atom. The number of unbranched alkanes of at least 4 members (excludes halogenated alkanes) is 3. The molecule has 2 rings (SSSR count). The molecule has 2 aromatic rings. The Kier molecular flexibility index (Phi) is 10.8. The molecule has 0 saturated carbocycles. The maximum Gasteiger partial charge on any atom is 0.251 e. The van der Waals surface area contributed by atoms with E-state index in [1.54, 1.807) is 24.3 Å². The summed E-state index contributed by atoms with van der Waals surface area (Å²) in [5, 5.41) is 14.3. The third kappa shape index (κ3) is 8.89. The van der Waals surface area contributed by atoms with Gasteiger partial charge in [0.2, 0.25) is 5.91 Å². The second kappa shape index (κ2) is 13.8. The van der Waals surface area contributed by atoms with Crippen LogP contribution >= 0.6 is 0 Å². The zero-order valence-electron chi connectivity index (χ0n) is 18.9. The molecule has 7 heteroatoms. The van der Waals surface area contributed by atoms with Gasteiger partial charge < -0.3 is 21.5 Å². The van der Waals surface area contributed by atoms with Crippen molar-refractivity contribution in [2.24, 2.45) is 5.73 Å². The van der Waals surface area contributed by atoms with E-state index in [1.165, 1.54) is 0 Å². The van der Waals surface area contributed by atoms with Gasteiger partial charge in [-0.2, -0.15) is 0 Å². The first-order valence-electron chi connectivity index (χ1n) is 11.1. The predicted molar refractivity (Wildman–Crippen MR) is 129 cm³/mol. The van der Waals surface area contributed by atoms with Crippen LogP contribution in [0.1, 0.15) is 60.5 Å². The van der Waals surface area contributed by atoms with E-state index in [9.17, 15) is 14.4 Å². The number of rotatable bonds is 11. The molecule has 33 heavy (non-hydrogen) atoms. The highest BCUT2D eigenvalue weighted by Gasteiger charge is 2.18. The molecule has 2 amide bonds. The highest BCUT2D eigenvalue weighted by atomic mass is 16.3. The summed E-state index contributed by atoms with van der Waals surface area (Å²) in [5.74, 6) is 5.12. The van der Waals surface area contributed by atoms with E-state index in [-0.39, 0.29) is 12.5 Å². The summed E-state index contributed by atoms with van der Waals surface area (Å²) in [6.07, 6.45) is 4.79. The van der Waals surface area contributed by atoms with Gasteiger partial charge in [0.15, 0.2) is 5.78 Å². The van der Waals surface area contributed by atoms with Gasteiger partial charge in [-0.15, -0.1) is 0 Å². The number of aliphatic hydroxyl groups is 1. The first-order chi connectivity index (χ1) is 16.0. The van der Waals surface area contributed by atoms with Gasteiger partial charge in [-0.25, -0.2) is 0 Å². The minimum Gasteiger partial charge on any atom is -0.388 e. The van der Waals surface area contributed by atoms with Crippen molar-refractivity contribution in [2.45, 2.75) is 45.1 Å². The molecule has 174 valence electrons. The summed E-state index contributed by atoms with van der Waals surface area (Å²) in [6, 6.07) is 13.0. The number of carbonyl (C=O) groups is 3. The Bertz CT molecular complexity index is 989. The second-order valence-electron chi connectivity index (χ2n) is 7.65. The van der Waals surface area contributed by atoms with E-state index >= 15 is 0 Å². The van der Waals surface area contributed by atoms with Crippen LogP contribution in [0.15, 0.2) is 48.5 Å². The van der Waals surface area contributed by atoms with Gasteiger partial charge in [-0.05, 0) is 55.0 Å². The monoisotopic (exact) mass is 449 g/mol. The zero-order valence-corrected chi connectivity index (χ0v) is 18.9. The second-order valence-corrected chi connectivity index (χ2v) is 7.65.